The van der Waals surface area contributed by atoms with E-state index in [-0.39, 0.29) is 18.9 Å². The van der Waals surface area contributed by atoms with Crippen molar-refractivity contribution < 1.29 is 64.6 Å². The van der Waals surface area contributed by atoms with Crippen molar-refractivity contribution in [2.75, 3.05) is 19.8 Å². The highest BCUT2D eigenvalue weighted by molar-refractivity contribution is 5.75. The van der Waals surface area contributed by atoms with Gasteiger partial charge in [0.25, 0.3) is 0 Å². The first-order chi connectivity index (χ1) is 23.6. The van der Waals surface area contributed by atoms with Crippen LogP contribution in [0.25, 0.3) is 0 Å². The molecule has 9 N–H and O–H groups in total. The van der Waals surface area contributed by atoms with Crippen LogP contribution in [0.5, 0.6) is 0 Å². The van der Waals surface area contributed by atoms with Gasteiger partial charge >= 0.3 is 0 Å². The van der Waals surface area contributed by atoms with Gasteiger partial charge in [0.15, 0.2) is 12.6 Å². The topological polar surface area (TPSA) is 228 Å². The van der Waals surface area contributed by atoms with Crippen LogP contribution in [0.2, 0.25) is 0 Å². The summed E-state index contributed by atoms with van der Waals surface area (Å²) in [5, 5.41) is 85.1. The molecule has 0 radical (unpaired) electrons. The van der Waals surface area contributed by atoms with Crippen LogP contribution < -0.4 is 5.32 Å². The molecular formula is C35H67NO13. The number of carbonyl (C=O) groups excluding carboxylic acids is 1. The average molecular weight is 710 g/mol. The summed E-state index contributed by atoms with van der Waals surface area (Å²) in [6, 6.07) is -0.817. The van der Waals surface area contributed by atoms with Gasteiger partial charge in [-0.3, -0.25) is 4.79 Å². The van der Waals surface area contributed by atoms with Crippen LogP contribution in [0.4, 0.5) is 0 Å². The Balaban J connectivity index is 1.76. The molecule has 0 aromatic rings. The van der Waals surface area contributed by atoms with Gasteiger partial charge < -0.3 is 65.1 Å². The fourth-order valence-electron chi connectivity index (χ4n) is 6.38. The first kappa shape index (κ1) is 44.2. The number of aliphatic hydroxyl groups is 8. The normalized spacial score (nSPS) is 31.8. The molecule has 2 rings (SSSR count). The van der Waals surface area contributed by atoms with Gasteiger partial charge in [-0.1, -0.05) is 110 Å². The third-order valence-corrected chi connectivity index (χ3v) is 9.64. The van der Waals surface area contributed by atoms with Gasteiger partial charge in [0, 0.05) is 6.42 Å². The van der Waals surface area contributed by atoms with Crippen LogP contribution in [0.3, 0.4) is 0 Å². The maximum Gasteiger partial charge on any atom is 0.220 e. The van der Waals surface area contributed by atoms with Crippen molar-refractivity contribution in [3.8, 4) is 0 Å². The van der Waals surface area contributed by atoms with Crippen LogP contribution in [0, 0.1) is 0 Å². The number of aliphatic hydroxyl groups excluding tert-OH is 8. The van der Waals surface area contributed by atoms with Gasteiger partial charge in [-0.25, -0.2) is 0 Å². The first-order valence-electron chi connectivity index (χ1n) is 18.8. The smallest absolute Gasteiger partial charge is 0.220 e. The predicted octanol–water partition coefficient (Wildman–Crippen LogP) is 1.14. The van der Waals surface area contributed by atoms with E-state index in [0.29, 0.717) is 6.42 Å². The zero-order valence-corrected chi connectivity index (χ0v) is 29.7. The van der Waals surface area contributed by atoms with E-state index in [0.717, 1.165) is 25.7 Å². The van der Waals surface area contributed by atoms with Crippen molar-refractivity contribution in [3.05, 3.63) is 0 Å². The van der Waals surface area contributed by atoms with E-state index in [1.165, 1.54) is 70.6 Å². The predicted molar refractivity (Wildman–Crippen MR) is 180 cm³/mol. The van der Waals surface area contributed by atoms with Crippen molar-refractivity contribution in [2.24, 2.45) is 0 Å². The largest absolute Gasteiger partial charge is 0.394 e. The van der Waals surface area contributed by atoms with Gasteiger partial charge in [0.05, 0.1) is 32.0 Å². The second kappa shape index (κ2) is 25.0. The molecule has 2 saturated heterocycles. The third-order valence-electron chi connectivity index (χ3n) is 9.64. The quantitative estimate of drug-likeness (QED) is 0.0575. The molecule has 2 fully saturated rings. The molecule has 2 aliphatic rings. The van der Waals surface area contributed by atoms with E-state index >= 15 is 0 Å². The van der Waals surface area contributed by atoms with Crippen molar-refractivity contribution in [1.29, 1.82) is 0 Å². The van der Waals surface area contributed by atoms with E-state index < -0.39 is 86.8 Å². The Morgan fingerprint density at radius 3 is 1.65 bits per heavy atom. The summed E-state index contributed by atoms with van der Waals surface area (Å²) < 4.78 is 22.3. The second-order valence-corrected chi connectivity index (χ2v) is 13.7. The first-order valence-corrected chi connectivity index (χ1v) is 18.8. The number of rotatable bonds is 26. The maximum absolute atomic E-state index is 12.2. The molecule has 0 saturated carbocycles. The van der Waals surface area contributed by atoms with Gasteiger partial charge in [0.2, 0.25) is 5.91 Å². The van der Waals surface area contributed by atoms with Crippen molar-refractivity contribution in [1.82, 2.24) is 5.32 Å². The molecule has 2 aliphatic heterocycles. The lowest BCUT2D eigenvalue weighted by Crippen LogP contribution is -2.65. The Bertz CT molecular complexity index is 852. The van der Waals surface area contributed by atoms with E-state index in [1.54, 1.807) is 6.92 Å². The molecule has 0 spiro atoms. The standard InChI is InChI=1S/C35H67NO13/c1-3-5-6-7-8-9-10-11-12-13-14-15-16-17-18-19-24(39)23(36-27(40)4-2)22-46-34-32(45)30(43)33(26(21-38)48-34)49-35-31(44)29(42)28(41)25(20-37)47-35/h23-26,28-35,37-39,41-45H,3-22H2,1-2H3,(H,36,40). The van der Waals surface area contributed by atoms with Crippen LogP contribution >= 0.6 is 0 Å². The fourth-order valence-corrected chi connectivity index (χ4v) is 6.38. The monoisotopic (exact) mass is 709 g/mol. The summed E-state index contributed by atoms with van der Waals surface area (Å²) >= 11 is 0. The SMILES string of the molecule is CCCCCCCCCCCCCCCCCC(O)C(COC1OC(CO)C(OC2OC(CO)C(O)C(O)C2O)C(O)C1O)NC(=O)CC. The van der Waals surface area contributed by atoms with Crippen molar-refractivity contribution in [2.45, 2.75) is 197 Å². The Morgan fingerprint density at radius 2 is 1.14 bits per heavy atom. The van der Waals surface area contributed by atoms with Crippen molar-refractivity contribution in [3.63, 3.8) is 0 Å². The molecule has 0 aliphatic carbocycles. The van der Waals surface area contributed by atoms with E-state index in [9.17, 15) is 45.6 Å². The van der Waals surface area contributed by atoms with Gasteiger partial charge in [-0.15, -0.1) is 0 Å². The van der Waals surface area contributed by atoms with Gasteiger partial charge in [-0.05, 0) is 6.42 Å². The molecule has 14 heteroatoms. The molecule has 0 bridgehead atoms. The Morgan fingerprint density at radius 1 is 0.653 bits per heavy atom. The highest BCUT2D eigenvalue weighted by Gasteiger charge is 2.50. The van der Waals surface area contributed by atoms with Crippen LogP contribution in [-0.4, -0.2) is 140 Å². The number of amides is 1. The van der Waals surface area contributed by atoms with Gasteiger partial charge in [-0.2, -0.15) is 0 Å². The minimum Gasteiger partial charge on any atom is -0.394 e. The number of hydrogen-bond acceptors (Lipinski definition) is 13. The second-order valence-electron chi connectivity index (χ2n) is 13.7. The zero-order valence-electron chi connectivity index (χ0n) is 29.7. The molecule has 0 aromatic carbocycles. The molecule has 0 aromatic heterocycles. The number of nitrogens with one attached hydrogen (secondary N) is 1. The summed E-state index contributed by atoms with van der Waals surface area (Å²) in [4.78, 5) is 12.2. The van der Waals surface area contributed by atoms with Gasteiger partial charge in [0.1, 0.15) is 48.8 Å². The lowest BCUT2D eigenvalue weighted by Gasteiger charge is -2.46. The summed E-state index contributed by atoms with van der Waals surface area (Å²) in [5.74, 6) is -0.296. The zero-order chi connectivity index (χ0) is 36.2. The highest BCUT2D eigenvalue weighted by atomic mass is 16.7. The molecular weight excluding hydrogens is 642 g/mol. The molecule has 14 nitrogen and oxygen atoms in total. The van der Waals surface area contributed by atoms with E-state index in [4.69, 9.17) is 18.9 Å². The molecule has 49 heavy (non-hydrogen) atoms. The number of hydrogen-bond donors (Lipinski definition) is 9. The Labute approximate surface area is 292 Å². The summed E-state index contributed by atoms with van der Waals surface area (Å²) in [5.41, 5.74) is 0. The molecule has 12 atom stereocenters. The lowest BCUT2D eigenvalue weighted by molar-refractivity contribution is -0.359. The summed E-state index contributed by atoms with van der Waals surface area (Å²) in [6.07, 6.45) is 2.39. The highest BCUT2D eigenvalue weighted by Crippen LogP contribution is 2.30. The van der Waals surface area contributed by atoms with E-state index in [1.807, 2.05) is 0 Å². The minimum absolute atomic E-state index is 0.188. The Hall–Kier alpha value is -1.01. The lowest BCUT2D eigenvalue weighted by atomic mass is 9.97. The number of unbranched alkanes of at least 4 members (excludes halogenated alkanes) is 14. The fraction of sp³-hybridized carbons (Fsp3) is 0.971. The number of ether oxygens (including phenoxy) is 4. The Kier molecular flexibility index (Phi) is 22.6. The van der Waals surface area contributed by atoms with E-state index in [2.05, 4.69) is 12.2 Å². The van der Waals surface area contributed by atoms with Crippen molar-refractivity contribution >= 4 is 5.91 Å². The molecule has 2 heterocycles. The molecule has 290 valence electrons. The minimum atomic E-state index is -1.77. The number of carbonyl (C=O) groups is 1. The van der Waals surface area contributed by atoms with Crippen LogP contribution in [-0.2, 0) is 23.7 Å². The molecule has 1 amide bonds. The summed E-state index contributed by atoms with van der Waals surface area (Å²) in [7, 11) is 0. The average Bonchev–Trinajstić information content (AvgIpc) is 3.10. The third kappa shape index (κ3) is 15.2. The summed E-state index contributed by atoms with van der Waals surface area (Å²) in [6.45, 7) is 2.27. The maximum atomic E-state index is 12.2. The van der Waals surface area contributed by atoms with Crippen LogP contribution in [0.15, 0.2) is 0 Å². The van der Waals surface area contributed by atoms with Crippen LogP contribution in [0.1, 0.15) is 123 Å². The molecule has 12 unspecified atom stereocenters.